The Labute approximate surface area is 123 Å². The molecule has 0 aromatic rings. The fourth-order valence-electron chi connectivity index (χ4n) is 3.65. The summed E-state index contributed by atoms with van der Waals surface area (Å²) in [6, 6.07) is 0.0554. The van der Waals surface area contributed by atoms with Gasteiger partial charge in [0.15, 0.2) is 0 Å². The van der Waals surface area contributed by atoms with Crippen molar-refractivity contribution in [2.75, 3.05) is 39.3 Å². The molecule has 4 nitrogen and oxygen atoms in total. The number of likely N-dealkylation sites (tertiary alicyclic amines) is 1. The lowest BCUT2D eigenvalue weighted by Crippen LogP contribution is -2.55. The van der Waals surface area contributed by atoms with E-state index in [1.54, 1.807) is 0 Å². The van der Waals surface area contributed by atoms with Crippen molar-refractivity contribution in [3.05, 3.63) is 0 Å². The van der Waals surface area contributed by atoms with E-state index >= 15 is 0 Å². The fourth-order valence-corrected chi connectivity index (χ4v) is 3.65. The maximum Gasteiger partial charge on any atom is 0.239 e. The van der Waals surface area contributed by atoms with Crippen LogP contribution in [0.4, 0.5) is 0 Å². The Morgan fingerprint density at radius 3 is 2.15 bits per heavy atom. The monoisotopic (exact) mass is 281 g/mol. The van der Waals surface area contributed by atoms with Crippen LogP contribution in [0.3, 0.4) is 0 Å². The first-order valence-corrected chi connectivity index (χ1v) is 8.35. The number of hydrogen-bond acceptors (Lipinski definition) is 3. The number of nitrogens with one attached hydrogen (secondary N) is 1. The quantitative estimate of drug-likeness (QED) is 0.852. The maximum atomic E-state index is 12.6. The summed E-state index contributed by atoms with van der Waals surface area (Å²) in [6.07, 6.45) is 5.05. The molecular formula is C16H31N3O. The zero-order valence-electron chi connectivity index (χ0n) is 13.5. The molecule has 2 saturated heterocycles. The first-order valence-electron chi connectivity index (χ1n) is 8.35. The van der Waals surface area contributed by atoms with E-state index in [2.05, 4.69) is 31.0 Å². The summed E-state index contributed by atoms with van der Waals surface area (Å²) in [5.74, 6) is 0.326. The van der Waals surface area contributed by atoms with Crippen LogP contribution < -0.4 is 5.32 Å². The second-order valence-corrected chi connectivity index (χ2v) is 6.49. The Hall–Kier alpha value is -0.610. The summed E-state index contributed by atoms with van der Waals surface area (Å²) >= 11 is 0. The van der Waals surface area contributed by atoms with Gasteiger partial charge in [-0.2, -0.15) is 0 Å². The van der Waals surface area contributed by atoms with Crippen LogP contribution in [0.2, 0.25) is 0 Å². The number of hydrogen-bond donors (Lipinski definition) is 1. The van der Waals surface area contributed by atoms with Crippen LogP contribution in [0.1, 0.15) is 46.5 Å². The van der Waals surface area contributed by atoms with Crippen molar-refractivity contribution in [3.63, 3.8) is 0 Å². The highest BCUT2D eigenvalue weighted by Crippen LogP contribution is 2.38. The number of nitrogens with zero attached hydrogens (tertiary/aromatic N) is 2. The summed E-state index contributed by atoms with van der Waals surface area (Å²) in [6.45, 7) is 12.5. The molecule has 2 heterocycles. The SMILES string of the molecule is CCC1(CC)CCN(C(C)C(=O)N2CCNCC2)CC1. The summed E-state index contributed by atoms with van der Waals surface area (Å²) in [4.78, 5) is 17.0. The summed E-state index contributed by atoms with van der Waals surface area (Å²) < 4.78 is 0. The maximum absolute atomic E-state index is 12.6. The van der Waals surface area contributed by atoms with Crippen molar-refractivity contribution in [2.45, 2.75) is 52.5 Å². The third-order valence-corrected chi connectivity index (χ3v) is 5.69. The Morgan fingerprint density at radius 1 is 1.10 bits per heavy atom. The molecule has 1 unspecified atom stereocenters. The number of amides is 1. The number of carbonyl (C=O) groups excluding carboxylic acids is 1. The van der Waals surface area contributed by atoms with Crippen molar-refractivity contribution in [2.24, 2.45) is 5.41 Å². The predicted molar refractivity (Wildman–Crippen MR) is 82.7 cm³/mol. The molecule has 0 spiro atoms. The van der Waals surface area contributed by atoms with Gasteiger partial charge < -0.3 is 10.2 Å². The van der Waals surface area contributed by atoms with E-state index < -0.39 is 0 Å². The fraction of sp³-hybridized carbons (Fsp3) is 0.938. The standard InChI is InChI=1S/C16H31N3O/c1-4-16(5-2)6-10-18(11-7-16)14(3)15(20)19-12-8-17-9-13-19/h14,17H,4-13H2,1-3H3. The number of rotatable bonds is 4. The van der Waals surface area contributed by atoms with Gasteiger partial charge in [0.05, 0.1) is 6.04 Å². The van der Waals surface area contributed by atoms with Crippen LogP contribution in [0.25, 0.3) is 0 Å². The Morgan fingerprint density at radius 2 is 1.65 bits per heavy atom. The van der Waals surface area contributed by atoms with Gasteiger partial charge >= 0.3 is 0 Å². The van der Waals surface area contributed by atoms with E-state index in [4.69, 9.17) is 0 Å². The Balaban J connectivity index is 1.87. The first-order chi connectivity index (χ1) is 9.62. The van der Waals surface area contributed by atoms with E-state index in [0.717, 1.165) is 39.3 Å². The second kappa shape index (κ2) is 6.90. The molecule has 0 aromatic carbocycles. The molecule has 0 bridgehead atoms. The smallest absolute Gasteiger partial charge is 0.239 e. The van der Waals surface area contributed by atoms with Crippen molar-refractivity contribution in [1.82, 2.24) is 15.1 Å². The Bertz CT molecular complexity index is 312. The minimum Gasteiger partial charge on any atom is -0.339 e. The number of piperidine rings is 1. The lowest BCUT2D eigenvalue weighted by Gasteiger charge is -2.43. The van der Waals surface area contributed by atoms with Gasteiger partial charge in [0.25, 0.3) is 0 Å². The van der Waals surface area contributed by atoms with Crippen molar-refractivity contribution in [3.8, 4) is 0 Å². The molecule has 0 aliphatic carbocycles. The summed E-state index contributed by atoms with van der Waals surface area (Å²) in [5, 5.41) is 3.31. The largest absolute Gasteiger partial charge is 0.339 e. The molecule has 1 N–H and O–H groups in total. The van der Waals surface area contributed by atoms with E-state index in [-0.39, 0.29) is 6.04 Å². The summed E-state index contributed by atoms with van der Waals surface area (Å²) in [7, 11) is 0. The van der Waals surface area contributed by atoms with Crippen LogP contribution in [0.5, 0.6) is 0 Å². The molecule has 0 aromatic heterocycles. The third kappa shape index (κ3) is 3.34. The average molecular weight is 281 g/mol. The van der Waals surface area contributed by atoms with Crippen LogP contribution >= 0.6 is 0 Å². The number of carbonyl (C=O) groups is 1. The normalized spacial score (nSPS) is 25.4. The molecule has 4 heteroatoms. The molecule has 0 saturated carbocycles. The van der Waals surface area contributed by atoms with Crippen LogP contribution in [-0.2, 0) is 4.79 Å². The van der Waals surface area contributed by atoms with Gasteiger partial charge in [-0.15, -0.1) is 0 Å². The van der Waals surface area contributed by atoms with Crippen LogP contribution in [-0.4, -0.2) is 61.0 Å². The average Bonchev–Trinajstić information content (AvgIpc) is 2.54. The minimum absolute atomic E-state index is 0.0554. The lowest BCUT2D eigenvalue weighted by atomic mass is 9.74. The van der Waals surface area contributed by atoms with E-state index in [9.17, 15) is 4.79 Å². The second-order valence-electron chi connectivity index (χ2n) is 6.49. The van der Waals surface area contributed by atoms with E-state index in [0.29, 0.717) is 11.3 Å². The van der Waals surface area contributed by atoms with Gasteiger partial charge in [-0.25, -0.2) is 0 Å². The van der Waals surface area contributed by atoms with Crippen molar-refractivity contribution >= 4 is 5.91 Å². The van der Waals surface area contributed by atoms with Crippen LogP contribution in [0, 0.1) is 5.41 Å². The molecule has 2 aliphatic rings. The molecule has 1 atom stereocenters. The highest BCUT2D eigenvalue weighted by atomic mass is 16.2. The van der Waals surface area contributed by atoms with Gasteiger partial charge in [0.2, 0.25) is 5.91 Å². The molecular weight excluding hydrogens is 250 g/mol. The zero-order chi connectivity index (χ0) is 14.6. The molecule has 20 heavy (non-hydrogen) atoms. The lowest BCUT2D eigenvalue weighted by molar-refractivity contribution is -0.138. The topological polar surface area (TPSA) is 35.6 Å². The zero-order valence-corrected chi connectivity index (χ0v) is 13.5. The van der Waals surface area contributed by atoms with Gasteiger partial charge in [-0.3, -0.25) is 9.69 Å². The molecule has 0 radical (unpaired) electrons. The molecule has 2 rings (SSSR count). The van der Waals surface area contributed by atoms with Gasteiger partial charge in [-0.1, -0.05) is 26.7 Å². The predicted octanol–water partition coefficient (Wildman–Crippen LogP) is 1.71. The van der Waals surface area contributed by atoms with Crippen LogP contribution in [0.15, 0.2) is 0 Å². The Kier molecular flexibility index (Phi) is 5.44. The molecule has 2 fully saturated rings. The van der Waals surface area contributed by atoms with Gasteiger partial charge in [-0.05, 0) is 38.3 Å². The third-order valence-electron chi connectivity index (χ3n) is 5.69. The van der Waals surface area contributed by atoms with Gasteiger partial charge in [0, 0.05) is 26.2 Å². The highest BCUT2D eigenvalue weighted by molar-refractivity contribution is 5.81. The minimum atomic E-state index is 0.0554. The highest BCUT2D eigenvalue weighted by Gasteiger charge is 2.35. The number of piperazine rings is 1. The first kappa shape index (κ1) is 15.8. The molecule has 1 amide bonds. The molecule has 116 valence electrons. The van der Waals surface area contributed by atoms with E-state index in [1.165, 1.54) is 25.7 Å². The van der Waals surface area contributed by atoms with Crippen molar-refractivity contribution < 1.29 is 4.79 Å². The summed E-state index contributed by atoms with van der Waals surface area (Å²) in [5.41, 5.74) is 0.536. The van der Waals surface area contributed by atoms with Gasteiger partial charge in [0.1, 0.15) is 0 Å². The molecule has 2 aliphatic heterocycles. The van der Waals surface area contributed by atoms with E-state index in [1.807, 2.05) is 4.90 Å². The van der Waals surface area contributed by atoms with Crippen molar-refractivity contribution in [1.29, 1.82) is 0 Å².